The molecule has 0 aliphatic carbocycles. The van der Waals surface area contributed by atoms with Gasteiger partial charge in [0.2, 0.25) is 15.9 Å². The van der Waals surface area contributed by atoms with Gasteiger partial charge in [-0.25, -0.2) is 12.7 Å². The lowest BCUT2D eigenvalue weighted by atomic mass is 9.99. The molecule has 1 aliphatic heterocycles. The second-order valence-corrected chi connectivity index (χ2v) is 9.03. The maximum Gasteiger partial charge on any atom is 0.224 e. The lowest BCUT2D eigenvalue weighted by Gasteiger charge is -2.31. The quantitative estimate of drug-likeness (QED) is 0.582. The van der Waals surface area contributed by atoms with Crippen molar-refractivity contribution in [2.45, 2.75) is 39.0 Å². The Kier molecular flexibility index (Phi) is 9.24. The van der Waals surface area contributed by atoms with Crippen LogP contribution in [0, 0.1) is 5.92 Å². The fourth-order valence-electron chi connectivity index (χ4n) is 3.32. The summed E-state index contributed by atoms with van der Waals surface area (Å²) in [5.41, 5.74) is 1.15. The number of piperidine rings is 1. The van der Waals surface area contributed by atoms with Gasteiger partial charge in [-0.3, -0.25) is 4.79 Å². The van der Waals surface area contributed by atoms with Crippen LogP contribution in [-0.4, -0.2) is 57.2 Å². The van der Waals surface area contributed by atoms with Crippen molar-refractivity contribution >= 4 is 15.9 Å². The second kappa shape index (κ2) is 11.4. The highest BCUT2D eigenvalue weighted by Crippen LogP contribution is 2.20. The van der Waals surface area contributed by atoms with E-state index in [1.165, 1.54) is 4.31 Å². The highest BCUT2D eigenvalue weighted by molar-refractivity contribution is 7.89. The van der Waals surface area contributed by atoms with Crippen LogP contribution in [0.15, 0.2) is 30.3 Å². The maximum absolute atomic E-state index is 12.7. The summed E-state index contributed by atoms with van der Waals surface area (Å²) in [6.07, 6.45) is 3.59. The van der Waals surface area contributed by atoms with Crippen LogP contribution in [0.1, 0.15) is 38.2 Å². The minimum Gasteiger partial charge on any atom is -0.382 e. The first-order valence-electron chi connectivity index (χ1n) is 9.90. The number of carbonyl (C=O) groups excluding carboxylic acids is 1. The predicted molar refractivity (Wildman–Crippen MR) is 107 cm³/mol. The van der Waals surface area contributed by atoms with Gasteiger partial charge in [0.1, 0.15) is 0 Å². The van der Waals surface area contributed by atoms with Crippen LogP contribution >= 0.6 is 0 Å². The number of nitrogens with one attached hydrogen (secondary N) is 1. The van der Waals surface area contributed by atoms with E-state index in [-0.39, 0.29) is 17.6 Å². The van der Waals surface area contributed by atoms with Crippen LogP contribution in [0.3, 0.4) is 0 Å². The third-order valence-corrected chi connectivity index (χ3v) is 6.75. The first-order valence-corrected chi connectivity index (χ1v) is 11.5. The van der Waals surface area contributed by atoms with E-state index in [4.69, 9.17) is 4.74 Å². The van der Waals surface area contributed by atoms with Crippen LogP contribution in [0.2, 0.25) is 0 Å². The normalized spacial score (nSPS) is 18.3. The number of benzene rings is 1. The number of amides is 1. The second-order valence-electron chi connectivity index (χ2n) is 6.94. The zero-order chi connectivity index (χ0) is 19.5. The fourth-order valence-corrected chi connectivity index (χ4v) is 4.90. The molecule has 1 saturated heterocycles. The van der Waals surface area contributed by atoms with Gasteiger partial charge in [0, 0.05) is 32.8 Å². The number of hydrogen-bond acceptors (Lipinski definition) is 4. The average Bonchev–Trinajstić information content (AvgIpc) is 2.68. The number of aryl methyl sites for hydroxylation is 1. The summed E-state index contributed by atoms with van der Waals surface area (Å²) in [5, 5.41) is 2.91. The van der Waals surface area contributed by atoms with Crippen molar-refractivity contribution in [3.63, 3.8) is 0 Å². The van der Waals surface area contributed by atoms with E-state index in [0.717, 1.165) is 31.2 Å². The van der Waals surface area contributed by atoms with Gasteiger partial charge in [-0.2, -0.15) is 0 Å². The van der Waals surface area contributed by atoms with Gasteiger partial charge in [-0.15, -0.1) is 0 Å². The van der Waals surface area contributed by atoms with Gasteiger partial charge in [0.25, 0.3) is 0 Å². The van der Waals surface area contributed by atoms with Crippen LogP contribution in [-0.2, 0) is 26.0 Å². The van der Waals surface area contributed by atoms with E-state index in [1.54, 1.807) is 0 Å². The molecule has 0 radical (unpaired) electrons. The number of rotatable bonds is 11. The molecule has 7 heteroatoms. The Morgan fingerprint density at radius 3 is 2.78 bits per heavy atom. The summed E-state index contributed by atoms with van der Waals surface area (Å²) in [7, 11) is -3.32. The first-order chi connectivity index (χ1) is 13.0. The van der Waals surface area contributed by atoms with E-state index in [2.05, 4.69) is 5.32 Å². The maximum atomic E-state index is 12.7. The highest BCUT2D eigenvalue weighted by atomic mass is 32.2. The number of nitrogens with zero attached hydrogens (tertiary/aromatic N) is 1. The Bertz CT molecular complexity index is 664. The molecule has 1 aromatic carbocycles. The van der Waals surface area contributed by atoms with Gasteiger partial charge in [-0.1, -0.05) is 30.3 Å². The van der Waals surface area contributed by atoms with E-state index >= 15 is 0 Å². The zero-order valence-corrected chi connectivity index (χ0v) is 17.0. The smallest absolute Gasteiger partial charge is 0.224 e. The third kappa shape index (κ3) is 7.60. The molecule has 1 fully saturated rings. The zero-order valence-electron chi connectivity index (χ0n) is 16.2. The summed E-state index contributed by atoms with van der Waals surface area (Å²) in [5.74, 6) is -0.171. The standard InChI is InChI=1S/C20H32N2O4S/c1-2-26-15-8-13-21-20(23)19-12-6-14-22(17-19)27(24,25)16-7-11-18-9-4-3-5-10-18/h3-5,9-10,19H,2,6-8,11-17H2,1H3,(H,21,23). The van der Waals surface area contributed by atoms with E-state index in [0.29, 0.717) is 39.3 Å². The van der Waals surface area contributed by atoms with Crippen molar-refractivity contribution in [2.24, 2.45) is 5.92 Å². The Morgan fingerprint density at radius 1 is 1.26 bits per heavy atom. The molecule has 1 aromatic rings. The van der Waals surface area contributed by atoms with E-state index in [1.807, 2.05) is 37.3 Å². The molecule has 0 aromatic heterocycles. The molecule has 6 nitrogen and oxygen atoms in total. The fraction of sp³-hybridized carbons (Fsp3) is 0.650. The first kappa shape index (κ1) is 21.9. The number of carbonyl (C=O) groups is 1. The van der Waals surface area contributed by atoms with Crippen LogP contribution in [0.4, 0.5) is 0 Å². The highest BCUT2D eigenvalue weighted by Gasteiger charge is 2.31. The molecule has 2 rings (SSSR count). The molecule has 0 spiro atoms. The Hall–Kier alpha value is -1.44. The Labute approximate surface area is 163 Å². The topological polar surface area (TPSA) is 75.7 Å². The number of sulfonamides is 1. The molecular formula is C20H32N2O4S. The summed E-state index contributed by atoms with van der Waals surface area (Å²) in [6, 6.07) is 9.91. The van der Waals surface area contributed by atoms with Gasteiger partial charge in [0.15, 0.2) is 0 Å². The third-order valence-electron chi connectivity index (χ3n) is 4.83. The van der Waals surface area contributed by atoms with Crippen molar-refractivity contribution in [2.75, 3.05) is 38.6 Å². The van der Waals surface area contributed by atoms with Crippen LogP contribution in [0.25, 0.3) is 0 Å². The minimum absolute atomic E-state index is 0.0457. The largest absolute Gasteiger partial charge is 0.382 e. The summed E-state index contributed by atoms with van der Waals surface area (Å²) >= 11 is 0. The molecule has 1 unspecified atom stereocenters. The predicted octanol–water partition coefficient (Wildman–Crippen LogP) is 2.20. The summed E-state index contributed by atoms with van der Waals surface area (Å²) < 4.78 is 32.1. The van der Waals surface area contributed by atoms with Gasteiger partial charge in [0.05, 0.1) is 11.7 Å². The van der Waals surface area contributed by atoms with E-state index in [9.17, 15) is 13.2 Å². The number of hydrogen-bond donors (Lipinski definition) is 1. The minimum atomic E-state index is -3.32. The summed E-state index contributed by atoms with van der Waals surface area (Å²) in [4.78, 5) is 12.3. The molecule has 1 N–H and O–H groups in total. The van der Waals surface area contributed by atoms with Gasteiger partial charge < -0.3 is 10.1 Å². The van der Waals surface area contributed by atoms with Gasteiger partial charge in [-0.05, 0) is 44.6 Å². The number of ether oxygens (including phenoxy) is 1. The van der Waals surface area contributed by atoms with Crippen molar-refractivity contribution in [3.8, 4) is 0 Å². The lowest BCUT2D eigenvalue weighted by Crippen LogP contribution is -2.46. The van der Waals surface area contributed by atoms with Crippen molar-refractivity contribution in [3.05, 3.63) is 35.9 Å². The Morgan fingerprint density at radius 2 is 2.04 bits per heavy atom. The molecule has 27 heavy (non-hydrogen) atoms. The molecule has 0 saturated carbocycles. The van der Waals surface area contributed by atoms with Crippen molar-refractivity contribution < 1.29 is 17.9 Å². The molecule has 1 atom stereocenters. The van der Waals surface area contributed by atoms with Crippen LogP contribution in [0.5, 0.6) is 0 Å². The SMILES string of the molecule is CCOCCCNC(=O)C1CCCN(S(=O)(=O)CCCc2ccccc2)C1. The molecular weight excluding hydrogens is 364 g/mol. The van der Waals surface area contributed by atoms with Crippen molar-refractivity contribution in [1.29, 1.82) is 0 Å². The summed E-state index contributed by atoms with van der Waals surface area (Å²) in [6.45, 7) is 4.62. The molecule has 1 heterocycles. The Balaban J connectivity index is 1.76. The molecule has 0 bridgehead atoms. The van der Waals surface area contributed by atoms with Crippen molar-refractivity contribution in [1.82, 2.24) is 9.62 Å². The van der Waals surface area contributed by atoms with E-state index < -0.39 is 10.0 Å². The van der Waals surface area contributed by atoms with Crippen LogP contribution < -0.4 is 5.32 Å². The van der Waals surface area contributed by atoms with Gasteiger partial charge >= 0.3 is 0 Å². The molecule has 1 amide bonds. The molecule has 1 aliphatic rings. The lowest BCUT2D eigenvalue weighted by molar-refractivity contribution is -0.126. The molecule has 152 valence electrons. The monoisotopic (exact) mass is 396 g/mol. The average molecular weight is 397 g/mol.